The third-order valence-corrected chi connectivity index (χ3v) is 6.77. The zero-order valence-electron chi connectivity index (χ0n) is 18.6. The van der Waals surface area contributed by atoms with Crippen molar-refractivity contribution in [1.82, 2.24) is 10.3 Å². The van der Waals surface area contributed by atoms with Crippen LogP contribution in [0, 0.1) is 11.6 Å². The zero-order valence-corrected chi connectivity index (χ0v) is 18.6. The van der Waals surface area contributed by atoms with Gasteiger partial charge in [0.05, 0.1) is 30.9 Å². The topological polar surface area (TPSA) is 101 Å². The number of anilines is 2. The predicted octanol–water partition coefficient (Wildman–Crippen LogP) is 3.37. The van der Waals surface area contributed by atoms with E-state index < -0.39 is 41.6 Å². The van der Waals surface area contributed by atoms with Crippen LogP contribution in [0.3, 0.4) is 0 Å². The number of ether oxygens (including phenoxy) is 1. The smallest absolute Gasteiger partial charge is 0.412 e. The van der Waals surface area contributed by atoms with Gasteiger partial charge in [-0.2, -0.15) is 0 Å². The number of halogens is 2. The van der Waals surface area contributed by atoms with Crippen LogP contribution in [-0.4, -0.2) is 42.1 Å². The normalized spacial score (nSPS) is 21.5. The van der Waals surface area contributed by atoms with Crippen LogP contribution in [0.2, 0.25) is 0 Å². The number of hydrogen-bond donors (Lipinski definition) is 2. The molecule has 2 aromatic rings. The molecule has 2 N–H and O–H groups in total. The Kier molecular flexibility index (Phi) is 5.45. The van der Waals surface area contributed by atoms with Crippen LogP contribution in [0.15, 0.2) is 30.5 Å². The zero-order chi connectivity index (χ0) is 24.0. The Balaban J connectivity index is 1.15. The van der Waals surface area contributed by atoms with Crippen LogP contribution in [0.5, 0.6) is 0 Å². The summed E-state index contributed by atoms with van der Waals surface area (Å²) in [5, 5.41) is 4.76. The van der Waals surface area contributed by atoms with E-state index in [9.17, 15) is 23.2 Å². The Morgan fingerprint density at radius 2 is 1.91 bits per heavy atom. The van der Waals surface area contributed by atoms with Crippen molar-refractivity contribution in [2.24, 2.45) is 0 Å². The third-order valence-electron chi connectivity index (χ3n) is 6.77. The van der Waals surface area contributed by atoms with E-state index in [1.807, 2.05) is 6.07 Å². The standard InChI is InChI=1S/C24H24F2N4O4/c1-24(6-7-24)19-4-2-13(10-27-19)28-23(33)34-15-11-30(12-15)14-8-17(25)21(18(26)9-14)16-3-5-20(31)29-22(16)32/h2,4,8-10,15-16H,3,5-7,11-12H2,1H3,(H,28,33)(H,29,31,32). The number of hydrogen-bond acceptors (Lipinski definition) is 6. The minimum atomic E-state index is -1.04. The second-order valence-corrected chi connectivity index (χ2v) is 9.38. The minimum absolute atomic E-state index is 0.0316. The van der Waals surface area contributed by atoms with E-state index in [4.69, 9.17) is 4.74 Å². The molecular formula is C24H24F2N4O4. The fourth-order valence-electron chi connectivity index (χ4n) is 4.35. The molecule has 2 aliphatic heterocycles. The first kappa shape index (κ1) is 22.2. The Morgan fingerprint density at radius 1 is 1.21 bits per heavy atom. The molecule has 2 saturated heterocycles. The molecular weight excluding hydrogens is 446 g/mol. The first-order valence-corrected chi connectivity index (χ1v) is 11.2. The van der Waals surface area contributed by atoms with Crippen LogP contribution in [0.1, 0.15) is 49.8 Å². The maximum atomic E-state index is 14.7. The highest BCUT2D eigenvalue weighted by molar-refractivity contribution is 6.01. The molecule has 3 heterocycles. The molecule has 1 aliphatic carbocycles. The van der Waals surface area contributed by atoms with E-state index in [0.29, 0.717) is 11.4 Å². The average Bonchev–Trinajstić information content (AvgIpc) is 3.50. The Labute approximate surface area is 194 Å². The quantitative estimate of drug-likeness (QED) is 0.650. The molecule has 1 aromatic carbocycles. The average molecular weight is 470 g/mol. The van der Waals surface area contributed by atoms with Crippen LogP contribution in [0.4, 0.5) is 25.0 Å². The van der Waals surface area contributed by atoms with Gasteiger partial charge in [0.2, 0.25) is 11.8 Å². The number of aromatic nitrogens is 1. The molecule has 3 fully saturated rings. The van der Waals surface area contributed by atoms with Gasteiger partial charge >= 0.3 is 6.09 Å². The molecule has 34 heavy (non-hydrogen) atoms. The third kappa shape index (κ3) is 4.32. The lowest BCUT2D eigenvalue weighted by Crippen LogP contribution is -2.53. The molecule has 10 heteroatoms. The number of carbonyl (C=O) groups excluding carboxylic acids is 3. The molecule has 3 aliphatic rings. The fourth-order valence-corrected chi connectivity index (χ4v) is 4.35. The van der Waals surface area contributed by atoms with E-state index in [1.165, 1.54) is 0 Å². The number of amides is 3. The largest absolute Gasteiger partial charge is 0.442 e. The molecule has 0 radical (unpaired) electrons. The minimum Gasteiger partial charge on any atom is -0.442 e. The lowest BCUT2D eigenvalue weighted by molar-refractivity contribution is -0.134. The summed E-state index contributed by atoms with van der Waals surface area (Å²) in [4.78, 5) is 41.6. The molecule has 8 nitrogen and oxygen atoms in total. The number of carbonyl (C=O) groups is 3. The van der Waals surface area contributed by atoms with Gasteiger partial charge in [-0.25, -0.2) is 13.6 Å². The van der Waals surface area contributed by atoms with Gasteiger partial charge in [-0.05, 0) is 43.5 Å². The summed E-state index contributed by atoms with van der Waals surface area (Å²) in [5.74, 6) is -3.88. The van der Waals surface area contributed by atoms with Crippen LogP contribution in [-0.2, 0) is 19.7 Å². The number of nitrogens with zero attached hydrogens (tertiary/aromatic N) is 2. The van der Waals surface area contributed by atoms with Gasteiger partial charge < -0.3 is 9.64 Å². The van der Waals surface area contributed by atoms with Crippen molar-refractivity contribution in [2.45, 2.75) is 50.0 Å². The maximum absolute atomic E-state index is 14.7. The lowest BCUT2D eigenvalue weighted by Gasteiger charge is -2.40. The van der Waals surface area contributed by atoms with E-state index in [1.54, 1.807) is 17.2 Å². The number of piperidine rings is 1. The predicted molar refractivity (Wildman–Crippen MR) is 118 cm³/mol. The van der Waals surface area contributed by atoms with E-state index in [0.717, 1.165) is 30.7 Å². The van der Waals surface area contributed by atoms with Crippen molar-refractivity contribution in [3.63, 3.8) is 0 Å². The lowest BCUT2D eigenvalue weighted by atomic mass is 9.89. The van der Waals surface area contributed by atoms with Crippen molar-refractivity contribution in [1.29, 1.82) is 0 Å². The highest BCUT2D eigenvalue weighted by atomic mass is 19.1. The second-order valence-electron chi connectivity index (χ2n) is 9.38. The monoisotopic (exact) mass is 470 g/mol. The van der Waals surface area contributed by atoms with Gasteiger partial charge in [0, 0.05) is 28.8 Å². The van der Waals surface area contributed by atoms with Gasteiger partial charge in [-0.15, -0.1) is 0 Å². The summed E-state index contributed by atoms with van der Waals surface area (Å²) in [7, 11) is 0. The molecule has 0 spiro atoms. The Bertz CT molecular complexity index is 1140. The molecule has 3 amide bonds. The number of pyridine rings is 1. The summed E-state index contributed by atoms with van der Waals surface area (Å²) in [6.45, 7) is 2.71. The molecule has 1 atom stereocenters. The number of benzene rings is 1. The summed E-state index contributed by atoms with van der Waals surface area (Å²) in [6, 6.07) is 6.00. The highest BCUT2D eigenvalue weighted by Crippen LogP contribution is 2.46. The molecule has 1 saturated carbocycles. The summed E-state index contributed by atoms with van der Waals surface area (Å²) in [6.07, 6.45) is 2.86. The van der Waals surface area contributed by atoms with Crippen LogP contribution < -0.4 is 15.5 Å². The number of nitrogens with one attached hydrogen (secondary N) is 2. The Morgan fingerprint density at radius 3 is 2.50 bits per heavy atom. The molecule has 5 rings (SSSR count). The Hall–Kier alpha value is -3.56. The van der Waals surface area contributed by atoms with Crippen molar-refractivity contribution < 1.29 is 27.9 Å². The van der Waals surface area contributed by atoms with Crippen LogP contribution in [0.25, 0.3) is 0 Å². The van der Waals surface area contributed by atoms with Gasteiger partial charge in [0.1, 0.15) is 17.7 Å². The molecule has 178 valence electrons. The van der Waals surface area contributed by atoms with E-state index in [2.05, 4.69) is 22.5 Å². The van der Waals surface area contributed by atoms with Crippen molar-refractivity contribution in [2.75, 3.05) is 23.3 Å². The summed E-state index contributed by atoms with van der Waals surface area (Å²) in [5.41, 5.74) is 1.64. The van der Waals surface area contributed by atoms with E-state index in [-0.39, 0.29) is 36.9 Å². The van der Waals surface area contributed by atoms with Crippen LogP contribution >= 0.6 is 0 Å². The van der Waals surface area contributed by atoms with E-state index >= 15 is 0 Å². The summed E-state index contributed by atoms with van der Waals surface area (Å²) >= 11 is 0. The van der Waals surface area contributed by atoms with Gasteiger partial charge in [0.25, 0.3) is 0 Å². The first-order chi connectivity index (χ1) is 16.2. The number of rotatable bonds is 5. The van der Waals surface area contributed by atoms with Gasteiger partial charge in [0.15, 0.2) is 0 Å². The SMILES string of the molecule is CC1(c2ccc(NC(=O)OC3CN(c4cc(F)c(C5CCC(=O)NC5=O)c(F)c4)C3)cn2)CC1. The van der Waals surface area contributed by atoms with Crippen molar-refractivity contribution in [3.8, 4) is 0 Å². The van der Waals surface area contributed by atoms with Gasteiger partial charge in [-0.1, -0.05) is 6.92 Å². The molecule has 1 unspecified atom stereocenters. The van der Waals surface area contributed by atoms with Crippen molar-refractivity contribution >= 4 is 29.3 Å². The van der Waals surface area contributed by atoms with Gasteiger partial charge in [-0.3, -0.25) is 25.2 Å². The fraction of sp³-hybridized carbons (Fsp3) is 0.417. The summed E-state index contributed by atoms with van der Waals surface area (Å²) < 4.78 is 34.8. The van der Waals surface area contributed by atoms with Crippen molar-refractivity contribution in [3.05, 3.63) is 53.4 Å². The molecule has 0 bridgehead atoms. The first-order valence-electron chi connectivity index (χ1n) is 11.2. The number of imide groups is 1. The highest BCUT2D eigenvalue weighted by Gasteiger charge is 2.40. The molecule has 1 aromatic heterocycles. The maximum Gasteiger partial charge on any atom is 0.412 e. The second kappa shape index (κ2) is 8.34.